The first-order valence-electron chi connectivity index (χ1n) is 4.72. The number of nitrogens with zero attached hydrogens (tertiary/aromatic N) is 1. The third kappa shape index (κ3) is 4.60. The summed E-state index contributed by atoms with van der Waals surface area (Å²) in [4.78, 5) is 20.6. The Balaban J connectivity index is 4.19. The van der Waals surface area contributed by atoms with E-state index in [1.807, 2.05) is 13.8 Å². The van der Waals surface area contributed by atoms with Crippen molar-refractivity contribution in [3.63, 3.8) is 0 Å². The van der Waals surface area contributed by atoms with Crippen molar-refractivity contribution in [1.82, 2.24) is 0 Å². The summed E-state index contributed by atoms with van der Waals surface area (Å²) in [5.74, 6) is -0.229. The van der Waals surface area contributed by atoms with Crippen LogP contribution in [0.5, 0.6) is 0 Å². The molecule has 0 spiro atoms. The summed E-state index contributed by atoms with van der Waals surface area (Å²) in [5.41, 5.74) is 0. The van der Waals surface area contributed by atoms with Gasteiger partial charge < -0.3 is 4.79 Å². The lowest BCUT2D eigenvalue weighted by Crippen LogP contribution is -2.23. The van der Waals surface area contributed by atoms with E-state index in [4.69, 9.17) is 0 Å². The first kappa shape index (κ1) is 12.1. The summed E-state index contributed by atoms with van der Waals surface area (Å²) in [7, 11) is 0. The van der Waals surface area contributed by atoms with Gasteiger partial charge in [0.1, 0.15) is 6.29 Å². The number of nitro groups is 1. The fourth-order valence-electron chi connectivity index (χ4n) is 1.54. The standard InChI is InChI=1S/C9H17NO3/c1-3-5-9(6-10(12)13)8(4-2)7-11/h7-9H,3-6H2,1-2H3/t8-,9+/m1/s1. The Morgan fingerprint density at radius 3 is 2.38 bits per heavy atom. The Morgan fingerprint density at radius 1 is 1.46 bits per heavy atom. The van der Waals surface area contributed by atoms with Crippen LogP contribution in [0.1, 0.15) is 33.1 Å². The third-order valence-corrected chi connectivity index (χ3v) is 2.29. The highest BCUT2D eigenvalue weighted by Gasteiger charge is 2.23. The Hall–Kier alpha value is -0.930. The maximum atomic E-state index is 10.6. The zero-order valence-electron chi connectivity index (χ0n) is 8.23. The van der Waals surface area contributed by atoms with E-state index in [0.717, 1.165) is 19.1 Å². The molecule has 0 aromatic carbocycles. The highest BCUT2D eigenvalue weighted by Crippen LogP contribution is 2.19. The predicted molar refractivity (Wildman–Crippen MR) is 50.1 cm³/mol. The van der Waals surface area contributed by atoms with Gasteiger partial charge >= 0.3 is 0 Å². The molecule has 0 unspecified atom stereocenters. The average Bonchev–Trinajstić information content (AvgIpc) is 2.05. The van der Waals surface area contributed by atoms with Gasteiger partial charge in [0.05, 0.1) is 0 Å². The van der Waals surface area contributed by atoms with E-state index in [1.165, 1.54) is 0 Å². The van der Waals surface area contributed by atoms with E-state index in [1.54, 1.807) is 0 Å². The van der Waals surface area contributed by atoms with E-state index < -0.39 is 0 Å². The van der Waals surface area contributed by atoms with Gasteiger partial charge in [0.25, 0.3) is 0 Å². The molecule has 0 aliphatic carbocycles. The van der Waals surface area contributed by atoms with Crippen molar-refractivity contribution in [3.8, 4) is 0 Å². The summed E-state index contributed by atoms with van der Waals surface area (Å²) in [6.45, 7) is 3.79. The number of hydrogen-bond acceptors (Lipinski definition) is 3. The van der Waals surface area contributed by atoms with Crippen molar-refractivity contribution in [2.75, 3.05) is 6.54 Å². The lowest BCUT2D eigenvalue weighted by molar-refractivity contribution is -0.489. The van der Waals surface area contributed by atoms with Gasteiger partial charge in [-0.1, -0.05) is 20.3 Å². The molecule has 0 saturated heterocycles. The van der Waals surface area contributed by atoms with Crippen LogP contribution in [0.4, 0.5) is 0 Å². The van der Waals surface area contributed by atoms with Crippen LogP contribution in [0.15, 0.2) is 0 Å². The topological polar surface area (TPSA) is 60.2 Å². The highest BCUT2D eigenvalue weighted by molar-refractivity contribution is 5.53. The molecule has 0 bridgehead atoms. The van der Waals surface area contributed by atoms with Crippen molar-refractivity contribution in [1.29, 1.82) is 0 Å². The first-order chi connectivity index (χ1) is 6.15. The summed E-state index contributed by atoms with van der Waals surface area (Å²) >= 11 is 0. The number of carbonyl (C=O) groups is 1. The molecule has 0 aliphatic heterocycles. The maximum absolute atomic E-state index is 10.6. The van der Waals surface area contributed by atoms with E-state index in [2.05, 4.69) is 0 Å². The third-order valence-electron chi connectivity index (χ3n) is 2.29. The van der Waals surface area contributed by atoms with Gasteiger partial charge in [0, 0.05) is 16.8 Å². The Bertz CT molecular complexity index is 170. The highest BCUT2D eigenvalue weighted by atomic mass is 16.6. The molecule has 0 rings (SSSR count). The summed E-state index contributed by atoms with van der Waals surface area (Å²) < 4.78 is 0. The van der Waals surface area contributed by atoms with E-state index in [9.17, 15) is 14.9 Å². The van der Waals surface area contributed by atoms with Crippen LogP contribution in [-0.4, -0.2) is 17.8 Å². The minimum absolute atomic E-state index is 0.0783. The van der Waals surface area contributed by atoms with Gasteiger partial charge in [0.15, 0.2) is 0 Å². The van der Waals surface area contributed by atoms with Crippen LogP contribution >= 0.6 is 0 Å². The minimum atomic E-state index is -0.327. The van der Waals surface area contributed by atoms with Crippen molar-refractivity contribution in [2.45, 2.75) is 33.1 Å². The zero-order chi connectivity index (χ0) is 10.3. The first-order valence-corrected chi connectivity index (χ1v) is 4.72. The second-order valence-electron chi connectivity index (χ2n) is 3.27. The summed E-state index contributed by atoms with van der Waals surface area (Å²) in [6.07, 6.45) is 3.20. The predicted octanol–water partition coefficient (Wildman–Crippen LogP) is 1.90. The van der Waals surface area contributed by atoms with Crippen molar-refractivity contribution < 1.29 is 9.72 Å². The molecule has 0 fully saturated rings. The van der Waals surface area contributed by atoms with Crippen LogP contribution in [0.2, 0.25) is 0 Å². The van der Waals surface area contributed by atoms with Crippen LogP contribution < -0.4 is 0 Å². The van der Waals surface area contributed by atoms with Crippen LogP contribution in [0, 0.1) is 22.0 Å². The molecule has 0 amide bonds. The average molecular weight is 187 g/mol. The maximum Gasteiger partial charge on any atom is 0.207 e. The fraction of sp³-hybridized carbons (Fsp3) is 0.889. The molecule has 0 heterocycles. The monoisotopic (exact) mass is 187 g/mol. The Labute approximate surface area is 78.5 Å². The normalized spacial score (nSPS) is 14.9. The quantitative estimate of drug-likeness (QED) is 0.347. The molecule has 4 heteroatoms. The molecule has 0 aromatic rings. The van der Waals surface area contributed by atoms with Gasteiger partial charge in [-0.15, -0.1) is 0 Å². The molecular formula is C9H17NO3. The van der Waals surface area contributed by atoms with Crippen LogP contribution in [0.3, 0.4) is 0 Å². The second-order valence-corrected chi connectivity index (χ2v) is 3.27. The SMILES string of the molecule is CCC[C@@H](C[N+](=O)[O-])[C@@H](C=O)CC. The van der Waals surface area contributed by atoms with Crippen molar-refractivity contribution >= 4 is 6.29 Å². The number of carbonyl (C=O) groups excluding carboxylic acids is 1. The smallest absolute Gasteiger partial charge is 0.207 e. The van der Waals surface area contributed by atoms with Gasteiger partial charge in [-0.2, -0.15) is 0 Å². The molecule has 76 valence electrons. The molecule has 4 nitrogen and oxygen atoms in total. The van der Waals surface area contributed by atoms with Gasteiger partial charge in [-0.05, 0) is 12.8 Å². The molecule has 13 heavy (non-hydrogen) atoms. The molecule has 2 atom stereocenters. The van der Waals surface area contributed by atoms with Crippen LogP contribution in [-0.2, 0) is 4.79 Å². The largest absolute Gasteiger partial charge is 0.303 e. The van der Waals surface area contributed by atoms with E-state index in [0.29, 0.717) is 6.42 Å². The fourth-order valence-corrected chi connectivity index (χ4v) is 1.54. The van der Waals surface area contributed by atoms with Gasteiger partial charge in [0.2, 0.25) is 6.54 Å². The second kappa shape index (κ2) is 6.57. The van der Waals surface area contributed by atoms with Crippen molar-refractivity contribution in [2.24, 2.45) is 11.8 Å². The lowest BCUT2D eigenvalue weighted by Gasteiger charge is -2.16. The molecule has 0 saturated carbocycles. The molecule has 0 aliphatic rings. The van der Waals surface area contributed by atoms with E-state index in [-0.39, 0.29) is 23.3 Å². The Kier molecular flexibility index (Phi) is 6.10. The number of hydrogen-bond donors (Lipinski definition) is 0. The molecule has 0 radical (unpaired) electrons. The number of rotatable bonds is 7. The molecular weight excluding hydrogens is 170 g/mol. The van der Waals surface area contributed by atoms with Gasteiger partial charge in [-0.3, -0.25) is 10.1 Å². The number of aldehydes is 1. The lowest BCUT2D eigenvalue weighted by atomic mass is 9.88. The van der Waals surface area contributed by atoms with E-state index >= 15 is 0 Å². The minimum Gasteiger partial charge on any atom is -0.303 e. The summed E-state index contributed by atoms with van der Waals surface area (Å²) in [5, 5.41) is 10.3. The molecule has 0 N–H and O–H groups in total. The van der Waals surface area contributed by atoms with Crippen LogP contribution in [0.25, 0.3) is 0 Å². The zero-order valence-corrected chi connectivity index (χ0v) is 8.23. The Morgan fingerprint density at radius 2 is 2.08 bits per heavy atom. The van der Waals surface area contributed by atoms with Crippen molar-refractivity contribution in [3.05, 3.63) is 10.1 Å². The molecule has 0 aromatic heterocycles. The van der Waals surface area contributed by atoms with Gasteiger partial charge in [-0.25, -0.2) is 0 Å². The summed E-state index contributed by atoms with van der Waals surface area (Å²) in [6, 6.07) is 0.